The van der Waals surface area contributed by atoms with Crippen molar-refractivity contribution in [3.8, 4) is 0 Å². The maximum Gasteiger partial charge on any atom is 0.316 e. The number of primary amides is 1. The van der Waals surface area contributed by atoms with Crippen molar-refractivity contribution in [2.75, 3.05) is 13.1 Å². The maximum atomic E-state index is 11.0. The van der Waals surface area contributed by atoms with Gasteiger partial charge < -0.3 is 10.6 Å². The number of nitro groups is 1. The van der Waals surface area contributed by atoms with Gasteiger partial charge in [-0.05, 0) is 6.08 Å². The number of hydrogen-bond acceptors (Lipinski definition) is 5. The van der Waals surface area contributed by atoms with Gasteiger partial charge in [0.1, 0.15) is 5.70 Å². The van der Waals surface area contributed by atoms with E-state index < -0.39 is 16.5 Å². The molecule has 86 valence electrons. The van der Waals surface area contributed by atoms with E-state index >= 15 is 0 Å². The number of nitrogens with two attached hydrogens (primary N) is 2. The van der Waals surface area contributed by atoms with Gasteiger partial charge >= 0.3 is 5.66 Å². The fourth-order valence-electron chi connectivity index (χ4n) is 1.70. The number of nitrogens with zero attached hydrogens (tertiary/aromatic N) is 2. The van der Waals surface area contributed by atoms with Crippen molar-refractivity contribution in [2.45, 2.75) is 12.1 Å². The van der Waals surface area contributed by atoms with Crippen LogP contribution in [-0.4, -0.2) is 34.5 Å². The highest BCUT2D eigenvalue weighted by molar-refractivity contribution is 5.95. The predicted octanol–water partition coefficient (Wildman–Crippen LogP) is -1.07. The number of hydrogen-bond donors (Lipinski definition) is 2. The Morgan fingerprint density at radius 2 is 2.19 bits per heavy atom. The number of rotatable bonds is 3. The standard InChI is InChI=1S/C9H12N4O3/c10-8(14)6-1-2-9(11,13(15)16)7(5-6)12-3-4-12/h1,5H,2-4,11H2,(H2,10,14). The van der Waals surface area contributed by atoms with Gasteiger partial charge in [0, 0.05) is 23.6 Å². The van der Waals surface area contributed by atoms with E-state index in [1.54, 1.807) is 4.90 Å². The molecule has 2 aliphatic rings. The third-order valence-corrected chi connectivity index (χ3v) is 2.77. The van der Waals surface area contributed by atoms with Crippen molar-refractivity contribution in [3.63, 3.8) is 0 Å². The van der Waals surface area contributed by atoms with Crippen LogP contribution >= 0.6 is 0 Å². The van der Waals surface area contributed by atoms with Gasteiger partial charge in [-0.25, -0.2) is 0 Å². The monoisotopic (exact) mass is 224 g/mol. The highest BCUT2D eigenvalue weighted by Crippen LogP contribution is 2.32. The lowest BCUT2D eigenvalue weighted by molar-refractivity contribution is -0.558. The molecule has 7 nitrogen and oxygen atoms in total. The molecule has 1 fully saturated rings. The first kappa shape index (κ1) is 10.6. The van der Waals surface area contributed by atoms with Crippen LogP contribution in [0.15, 0.2) is 23.4 Å². The van der Waals surface area contributed by atoms with Crippen LogP contribution in [0, 0.1) is 10.1 Å². The van der Waals surface area contributed by atoms with Crippen LogP contribution in [-0.2, 0) is 4.79 Å². The van der Waals surface area contributed by atoms with Gasteiger partial charge in [0.05, 0.1) is 6.42 Å². The molecule has 0 aromatic carbocycles. The van der Waals surface area contributed by atoms with Crippen LogP contribution < -0.4 is 11.5 Å². The average molecular weight is 224 g/mol. The van der Waals surface area contributed by atoms with Crippen molar-refractivity contribution in [3.05, 3.63) is 33.5 Å². The van der Waals surface area contributed by atoms with Gasteiger partial charge in [0.25, 0.3) is 0 Å². The van der Waals surface area contributed by atoms with Crippen molar-refractivity contribution in [2.24, 2.45) is 11.5 Å². The number of carbonyl (C=O) groups is 1. The highest BCUT2D eigenvalue weighted by Gasteiger charge is 2.48. The molecule has 7 heteroatoms. The summed E-state index contributed by atoms with van der Waals surface area (Å²) in [5.41, 5.74) is 9.90. The molecule has 1 aliphatic carbocycles. The number of carbonyl (C=O) groups excluding carboxylic acids is 1. The fraction of sp³-hybridized carbons (Fsp3) is 0.444. The summed E-state index contributed by atoms with van der Waals surface area (Å²) in [6.07, 6.45) is 2.82. The second-order valence-electron chi connectivity index (χ2n) is 3.93. The maximum absolute atomic E-state index is 11.0. The summed E-state index contributed by atoms with van der Waals surface area (Å²) in [6.45, 7) is 1.45. The van der Waals surface area contributed by atoms with Crippen molar-refractivity contribution >= 4 is 5.91 Å². The summed E-state index contributed by atoms with van der Waals surface area (Å²) in [4.78, 5) is 23.2. The van der Waals surface area contributed by atoms with E-state index in [0.717, 1.165) is 13.1 Å². The normalized spacial score (nSPS) is 28.2. The molecule has 16 heavy (non-hydrogen) atoms. The second kappa shape index (κ2) is 3.31. The van der Waals surface area contributed by atoms with E-state index in [4.69, 9.17) is 11.5 Å². The lowest BCUT2D eigenvalue weighted by atomic mass is 9.94. The lowest BCUT2D eigenvalue weighted by Gasteiger charge is -2.26. The third-order valence-electron chi connectivity index (χ3n) is 2.77. The van der Waals surface area contributed by atoms with Gasteiger partial charge in [-0.1, -0.05) is 6.08 Å². The smallest absolute Gasteiger partial charge is 0.316 e. The van der Waals surface area contributed by atoms with Crippen molar-refractivity contribution in [1.82, 2.24) is 4.90 Å². The fourth-order valence-corrected chi connectivity index (χ4v) is 1.70. The average Bonchev–Trinajstić information content (AvgIpc) is 3.01. The van der Waals surface area contributed by atoms with Gasteiger partial charge in [-0.3, -0.25) is 20.6 Å². The molecule has 1 heterocycles. The first-order valence-electron chi connectivity index (χ1n) is 4.85. The van der Waals surface area contributed by atoms with E-state index in [0.29, 0.717) is 5.70 Å². The Bertz CT molecular complexity index is 424. The zero-order chi connectivity index (χ0) is 11.9. The van der Waals surface area contributed by atoms with E-state index in [9.17, 15) is 14.9 Å². The van der Waals surface area contributed by atoms with Gasteiger partial charge in [0.15, 0.2) is 0 Å². The summed E-state index contributed by atoms with van der Waals surface area (Å²) >= 11 is 0. The molecule has 1 amide bonds. The van der Waals surface area contributed by atoms with Gasteiger partial charge in [-0.15, -0.1) is 0 Å². The molecule has 0 spiro atoms. The Morgan fingerprint density at radius 3 is 2.62 bits per heavy atom. The summed E-state index contributed by atoms with van der Waals surface area (Å²) in [5, 5.41) is 11.0. The Morgan fingerprint density at radius 1 is 1.56 bits per heavy atom. The lowest BCUT2D eigenvalue weighted by Crippen LogP contribution is -2.52. The quantitative estimate of drug-likeness (QED) is 0.274. The van der Waals surface area contributed by atoms with Crippen molar-refractivity contribution < 1.29 is 9.72 Å². The van der Waals surface area contributed by atoms with E-state index in [1.165, 1.54) is 12.2 Å². The SMILES string of the molecule is NC(=O)C1=CCC(N)([N+](=O)[O-])C(N2CC2)=C1. The van der Waals surface area contributed by atoms with Crippen LogP contribution in [0.2, 0.25) is 0 Å². The highest BCUT2D eigenvalue weighted by atomic mass is 16.6. The summed E-state index contributed by atoms with van der Waals surface area (Å²) in [5.74, 6) is -0.593. The minimum Gasteiger partial charge on any atom is -0.366 e. The molecule has 0 aromatic heterocycles. The minimum atomic E-state index is -1.63. The van der Waals surface area contributed by atoms with Crippen LogP contribution in [0.1, 0.15) is 6.42 Å². The molecule has 0 saturated carbocycles. The molecule has 0 radical (unpaired) electrons. The summed E-state index contributed by atoms with van der Waals surface area (Å²) < 4.78 is 0. The molecule has 1 atom stereocenters. The molecule has 0 bridgehead atoms. The zero-order valence-electron chi connectivity index (χ0n) is 8.55. The first-order chi connectivity index (χ1) is 7.45. The summed E-state index contributed by atoms with van der Waals surface area (Å²) in [7, 11) is 0. The predicted molar refractivity (Wildman–Crippen MR) is 55.5 cm³/mol. The Kier molecular flexibility index (Phi) is 2.20. The second-order valence-corrected chi connectivity index (χ2v) is 3.93. The topological polar surface area (TPSA) is 115 Å². The molecular weight excluding hydrogens is 212 g/mol. The van der Waals surface area contributed by atoms with Gasteiger partial charge in [0.2, 0.25) is 5.91 Å². The molecule has 4 N–H and O–H groups in total. The molecule has 1 aliphatic heterocycles. The van der Waals surface area contributed by atoms with Crippen LogP contribution in [0.5, 0.6) is 0 Å². The minimum absolute atomic E-state index is 0.0133. The molecular formula is C9H12N4O3. The van der Waals surface area contributed by atoms with Gasteiger partial charge in [-0.2, -0.15) is 0 Å². The van der Waals surface area contributed by atoms with E-state index in [1.807, 2.05) is 0 Å². The third kappa shape index (κ3) is 1.54. The Balaban J connectivity index is 2.38. The Hall–Kier alpha value is -1.89. The summed E-state index contributed by atoms with van der Waals surface area (Å²) in [6, 6.07) is 0. The van der Waals surface area contributed by atoms with Crippen LogP contribution in [0.25, 0.3) is 0 Å². The van der Waals surface area contributed by atoms with E-state index in [2.05, 4.69) is 0 Å². The largest absolute Gasteiger partial charge is 0.366 e. The Labute approximate surface area is 91.5 Å². The molecule has 1 unspecified atom stereocenters. The van der Waals surface area contributed by atoms with E-state index in [-0.39, 0.29) is 12.0 Å². The molecule has 1 saturated heterocycles. The van der Waals surface area contributed by atoms with Crippen molar-refractivity contribution in [1.29, 1.82) is 0 Å². The van der Waals surface area contributed by atoms with Crippen LogP contribution in [0.3, 0.4) is 0 Å². The van der Waals surface area contributed by atoms with Crippen LogP contribution in [0.4, 0.5) is 0 Å². The zero-order valence-corrected chi connectivity index (χ0v) is 8.55. The number of amides is 1. The molecule has 2 rings (SSSR count). The molecule has 0 aromatic rings. The first-order valence-corrected chi connectivity index (χ1v) is 4.85.